The van der Waals surface area contributed by atoms with Crippen LogP contribution in [0.2, 0.25) is 0 Å². The first-order chi connectivity index (χ1) is 29.2. The minimum absolute atomic E-state index is 0.642. The third-order valence-corrected chi connectivity index (χ3v) is 13.5. The van der Waals surface area contributed by atoms with Gasteiger partial charge in [-0.1, -0.05) is 127 Å². The van der Waals surface area contributed by atoms with Crippen LogP contribution in [-0.2, 0) is 0 Å². The summed E-state index contributed by atoms with van der Waals surface area (Å²) in [6, 6.07) is 66.1. The molecule has 0 aliphatic rings. The Morgan fingerprint density at radius 2 is 0.949 bits per heavy atom. The van der Waals surface area contributed by atoms with E-state index in [1.54, 1.807) is 11.3 Å². The Kier molecular flexibility index (Phi) is 7.82. The average molecular weight is 790 g/mol. The van der Waals surface area contributed by atoms with Crippen LogP contribution in [0.1, 0.15) is 0 Å². The minimum Gasteiger partial charge on any atom is -0.292 e. The fourth-order valence-corrected chi connectivity index (χ4v) is 10.7. The Hall–Kier alpha value is -7.32. The Morgan fingerprint density at radius 1 is 0.356 bits per heavy atom. The van der Waals surface area contributed by atoms with Crippen LogP contribution in [0, 0.1) is 0 Å². The van der Waals surface area contributed by atoms with Crippen LogP contribution in [0.15, 0.2) is 188 Å². The van der Waals surface area contributed by atoms with Gasteiger partial charge in [0.25, 0.3) is 0 Å². The van der Waals surface area contributed by atoms with Crippen molar-refractivity contribution in [2.45, 2.75) is 0 Å². The maximum absolute atomic E-state index is 5.21. The standard InChI is InChI=1S/C52H31N5S2/c1-3-14-32(15-4-1)49-54-50(56-51(55-49)41-24-13-22-39-38-20-7-10-27-45(38)58-48(39)41)34-17-11-16-33(30-34)37-21-12-23-40-42-31-35(28-29-46(42)59-47(37)40)52-53-43-25-8-9-26-44(43)57(52)36-18-5-2-6-19-36/h1-31H. The molecule has 0 N–H and O–H groups in total. The molecule has 0 aliphatic heterocycles. The van der Waals surface area contributed by atoms with E-state index in [0.29, 0.717) is 17.5 Å². The number of fused-ring (bicyclic) bond motifs is 7. The highest BCUT2D eigenvalue weighted by atomic mass is 32.1. The predicted octanol–water partition coefficient (Wildman–Crippen LogP) is 14.3. The molecule has 0 fully saturated rings. The number of nitrogens with zero attached hydrogens (tertiary/aromatic N) is 5. The zero-order valence-electron chi connectivity index (χ0n) is 31.5. The van der Waals surface area contributed by atoms with E-state index in [1.807, 2.05) is 29.5 Å². The molecule has 0 amide bonds. The summed E-state index contributed by atoms with van der Waals surface area (Å²) in [5.74, 6) is 2.89. The molecule has 0 bridgehead atoms. The fraction of sp³-hybridized carbons (Fsp3) is 0. The Balaban J connectivity index is 0.990. The van der Waals surface area contributed by atoms with Gasteiger partial charge in [0.1, 0.15) is 5.82 Å². The summed E-state index contributed by atoms with van der Waals surface area (Å²) in [4.78, 5) is 20.6. The van der Waals surface area contributed by atoms with Gasteiger partial charge in [-0.15, -0.1) is 22.7 Å². The smallest absolute Gasteiger partial charge is 0.165 e. The van der Waals surface area contributed by atoms with E-state index in [1.165, 1.54) is 45.9 Å². The van der Waals surface area contributed by atoms with E-state index in [4.69, 9.17) is 19.9 Å². The Bertz CT molecular complexity index is 3570. The molecule has 0 saturated carbocycles. The van der Waals surface area contributed by atoms with Crippen molar-refractivity contribution in [3.05, 3.63) is 188 Å². The lowest BCUT2D eigenvalue weighted by molar-refractivity contribution is 1.08. The highest BCUT2D eigenvalue weighted by molar-refractivity contribution is 7.26. The van der Waals surface area contributed by atoms with E-state index >= 15 is 0 Å². The summed E-state index contributed by atoms with van der Waals surface area (Å²) in [6.07, 6.45) is 0. The number of para-hydroxylation sites is 3. The zero-order valence-corrected chi connectivity index (χ0v) is 33.1. The Morgan fingerprint density at radius 3 is 1.80 bits per heavy atom. The number of benzene rings is 8. The molecule has 59 heavy (non-hydrogen) atoms. The Labute approximate surface area is 347 Å². The van der Waals surface area contributed by atoms with Crippen LogP contribution in [0.5, 0.6) is 0 Å². The maximum Gasteiger partial charge on any atom is 0.165 e. The van der Waals surface area contributed by atoms with Gasteiger partial charge < -0.3 is 0 Å². The van der Waals surface area contributed by atoms with Crippen molar-refractivity contribution in [2.75, 3.05) is 0 Å². The summed E-state index contributed by atoms with van der Waals surface area (Å²) in [5.41, 5.74) is 9.42. The molecule has 5 nitrogen and oxygen atoms in total. The van der Waals surface area contributed by atoms with Gasteiger partial charge >= 0.3 is 0 Å². The van der Waals surface area contributed by atoms with Crippen molar-refractivity contribution in [3.63, 3.8) is 0 Å². The largest absolute Gasteiger partial charge is 0.292 e. The van der Waals surface area contributed by atoms with Gasteiger partial charge in [-0.05, 0) is 71.8 Å². The molecule has 4 aromatic heterocycles. The number of imidazole rings is 1. The van der Waals surface area contributed by atoms with Gasteiger partial charge in [0.15, 0.2) is 17.5 Å². The lowest BCUT2D eigenvalue weighted by Crippen LogP contribution is -2.00. The monoisotopic (exact) mass is 789 g/mol. The predicted molar refractivity (Wildman–Crippen MR) is 247 cm³/mol. The number of thiophene rings is 2. The molecule has 7 heteroatoms. The van der Waals surface area contributed by atoms with Crippen molar-refractivity contribution in [2.24, 2.45) is 0 Å². The molecule has 0 saturated heterocycles. The summed E-state index contributed by atoms with van der Waals surface area (Å²) in [7, 11) is 0. The molecule has 4 heterocycles. The topological polar surface area (TPSA) is 56.5 Å². The van der Waals surface area contributed by atoms with Crippen molar-refractivity contribution < 1.29 is 0 Å². The number of hydrogen-bond donors (Lipinski definition) is 0. The van der Waals surface area contributed by atoms with Gasteiger partial charge in [-0.2, -0.15) is 0 Å². The van der Waals surface area contributed by atoms with Crippen LogP contribution in [-0.4, -0.2) is 24.5 Å². The molecule has 12 aromatic rings. The van der Waals surface area contributed by atoms with Crippen molar-refractivity contribution >= 4 is 74.1 Å². The summed E-state index contributed by atoms with van der Waals surface area (Å²) >= 11 is 3.61. The van der Waals surface area contributed by atoms with E-state index in [-0.39, 0.29) is 0 Å². The van der Waals surface area contributed by atoms with Crippen molar-refractivity contribution in [1.82, 2.24) is 24.5 Å². The lowest BCUT2D eigenvalue weighted by atomic mass is 10.00. The first-order valence-corrected chi connectivity index (χ1v) is 21.2. The minimum atomic E-state index is 0.642. The van der Waals surface area contributed by atoms with Gasteiger partial charge in [0.2, 0.25) is 0 Å². The van der Waals surface area contributed by atoms with E-state index < -0.39 is 0 Å². The molecule has 12 rings (SSSR count). The molecule has 8 aromatic carbocycles. The van der Waals surface area contributed by atoms with Gasteiger partial charge in [0.05, 0.1) is 11.0 Å². The summed E-state index contributed by atoms with van der Waals surface area (Å²) in [5, 5.41) is 4.91. The highest BCUT2D eigenvalue weighted by Gasteiger charge is 2.19. The maximum atomic E-state index is 5.21. The zero-order chi connectivity index (χ0) is 38.9. The number of aromatic nitrogens is 5. The quantitative estimate of drug-likeness (QED) is 0.168. The molecule has 0 unspecified atom stereocenters. The first-order valence-electron chi connectivity index (χ1n) is 19.5. The second kappa shape index (κ2) is 13.7. The van der Waals surface area contributed by atoms with E-state index in [0.717, 1.165) is 50.4 Å². The van der Waals surface area contributed by atoms with Crippen molar-refractivity contribution in [1.29, 1.82) is 0 Å². The van der Waals surface area contributed by atoms with E-state index in [2.05, 4.69) is 174 Å². The van der Waals surface area contributed by atoms with Gasteiger partial charge in [-0.3, -0.25) is 4.57 Å². The second-order valence-corrected chi connectivity index (χ2v) is 16.7. The average Bonchev–Trinajstić information content (AvgIpc) is 4.01. The number of rotatable bonds is 6. The SMILES string of the molecule is c1ccc(-c2nc(-c3cccc(-c4cccc5c4sc4ccc(-c6nc7ccccc7n6-c6ccccc6)cc45)c3)nc(-c3cccc4c3sc3ccccc34)n2)cc1. The first kappa shape index (κ1) is 33.8. The third-order valence-electron chi connectivity index (χ3n) is 11.1. The normalized spacial score (nSPS) is 11.7. The molecular formula is C52H31N5S2. The third kappa shape index (κ3) is 5.66. The van der Waals surface area contributed by atoms with Crippen LogP contribution in [0.25, 0.3) is 114 Å². The van der Waals surface area contributed by atoms with Crippen LogP contribution >= 0.6 is 22.7 Å². The highest BCUT2D eigenvalue weighted by Crippen LogP contribution is 2.43. The molecule has 0 radical (unpaired) electrons. The second-order valence-electron chi connectivity index (χ2n) is 14.6. The molecule has 0 atom stereocenters. The van der Waals surface area contributed by atoms with Crippen LogP contribution < -0.4 is 0 Å². The molecular weight excluding hydrogens is 759 g/mol. The van der Waals surface area contributed by atoms with Crippen molar-refractivity contribution in [3.8, 4) is 62.4 Å². The van der Waals surface area contributed by atoms with Crippen LogP contribution in [0.3, 0.4) is 0 Å². The fourth-order valence-electron chi connectivity index (χ4n) is 8.31. The van der Waals surface area contributed by atoms with E-state index in [9.17, 15) is 0 Å². The lowest BCUT2D eigenvalue weighted by Gasteiger charge is -2.10. The van der Waals surface area contributed by atoms with Gasteiger partial charge in [0, 0.05) is 68.3 Å². The molecule has 0 aliphatic carbocycles. The molecule has 276 valence electrons. The van der Waals surface area contributed by atoms with Gasteiger partial charge in [-0.25, -0.2) is 19.9 Å². The summed E-state index contributed by atoms with van der Waals surface area (Å²) in [6.45, 7) is 0. The number of hydrogen-bond acceptors (Lipinski definition) is 6. The summed E-state index contributed by atoms with van der Waals surface area (Å²) < 4.78 is 7.17. The van der Waals surface area contributed by atoms with Crippen LogP contribution in [0.4, 0.5) is 0 Å². The molecule has 0 spiro atoms.